The molecule has 0 aliphatic rings. The van der Waals surface area contributed by atoms with Gasteiger partial charge in [-0.2, -0.15) is 0 Å². The number of carbonyl (C=O) groups excluding carboxylic acids is 1. The molecule has 0 fully saturated rings. The fourth-order valence-corrected chi connectivity index (χ4v) is 1.22. The van der Waals surface area contributed by atoms with Crippen molar-refractivity contribution >= 4 is 6.29 Å². The van der Waals surface area contributed by atoms with Crippen LogP contribution in [0.2, 0.25) is 0 Å². The van der Waals surface area contributed by atoms with E-state index < -0.39 is 0 Å². The number of aryl methyl sites for hydroxylation is 1. The largest absolute Gasteiger partial charge is 0.491 e. The summed E-state index contributed by atoms with van der Waals surface area (Å²) in [6.45, 7) is 1.15. The average molecular weight is 208 g/mol. The minimum atomic E-state index is 0.560. The SMILES string of the molecule is COCCOc1ccc(CCC=O)cc1. The second-order valence-electron chi connectivity index (χ2n) is 3.19. The molecule has 0 heterocycles. The van der Waals surface area contributed by atoms with Crippen LogP contribution in [0.3, 0.4) is 0 Å². The van der Waals surface area contributed by atoms with Gasteiger partial charge < -0.3 is 14.3 Å². The fourth-order valence-electron chi connectivity index (χ4n) is 1.22. The molecular weight excluding hydrogens is 192 g/mol. The van der Waals surface area contributed by atoms with E-state index in [1.165, 1.54) is 0 Å². The molecule has 82 valence electrons. The summed E-state index contributed by atoms with van der Waals surface area (Å²) in [5, 5.41) is 0. The number of methoxy groups -OCH3 is 1. The van der Waals surface area contributed by atoms with E-state index in [4.69, 9.17) is 9.47 Å². The van der Waals surface area contributed by atoms with Crippen molar-refractivity contribution in [2.45, 2.75) is 12.8 Å². The van der Waals surface area contributed by atoms with E-state index in [1.807, 2.05) is 24.3 Å². The molecule has 15 heavy (non-hydrogen) atoms. The molecule has 0 saturated heterocycles. The standard InChI is InChI=1S/C12H16O3/c1-14-9-10-15-12-6-4-11(5-7-12)3-2-8-13/h4-8H,2-3,9-10H2,1H3. The predicted molar refractivity (Wildman–Crippen MR) is 58.2 cm³/mol. The molecule has 0 spiro atoms. The van der Waals surface area contributed by atoms with Crippen molar-refractivity contribution < 1.29 is 14.3 Å². The number of benzene rings is 1. The summed E-state index contributed by atoms with van der Waals surface area (Å²) >= 11 is 0. The van der Waals surface area contributed by atoms with Crippen LogP contribution in [-0.2, 0) is 16.0 Å². The minimum absolute atomic E-state index is 0.560. The third kappa shape index (κ3) is 4.61. The predicted octanol–water partition coefficient (Wildman–Crippen LogP) is 1.84. The van der Waals surface area contributed by atoms with Gasteiger partial charge in [-0.3, -0.25) is 0 Å². The number of hydrogen-bond acceptors (Lipinski definition) is 3. The molecule has 0 atom stereocenters. The van der Waals surface area contributed by atoms with Gasteiger partial charge in [0.05, 0.1) is 6.61 Å². The molecular formula is C12H16O3. The van der Waals surface area contributed by atoms with Gasteiger partial charge in [-0.15, -0.1) is 0 Å². The van der Waals surface area contributed by atoms with E-state index in [2.05, 4.69) is 0 Å². The van der Waals surface area contributed by atoms with Gasteiger partial charge in [0.15, 0.2) is 0 Å². The molecule has 0 saturated carbocycles. The Bertz CT molecular complexity index is 279. The van der Waals surface area contributed by atoms with Crippen LogP contribution < -0.4 is 4.74 Å². The second kappa shape index (κ2) is 7.01. The molecule has 1 aromatic carbocycles. The van der Waals surface area contributed by atoms with Crippen LogP contribution in [0.1, 0.15) is 12.0 Å². The van der Waals surface area contributed by atoms with Crippen LogP contribution in [0.25, 0.3) is 0 Å². The molecule has 3 heteroatoms. The van der Waals surface area contributed by atoms with Gasteiger partial charge in [-0.1, -0.05) is 12.1 Å². The maximum atomic E-state index is 10.2. The molecule has 0 aliphatic carbocycles. The molecule has 0 aliphatic heterocycles. The van der Waals surface area contributed by atoms with Crippen molar-refractivity contribution in [1.82, 2.24) is 0 Å². The van der Waals surface area contributed by atoms with Gasteiger partial charge in [0, 0.05) is 13.5 Å². The molecule has 3 nitrogen and oxygen atoms in total. The molecule has 1 rings (SSSR count). The summed E-state index contributed by atoms with van der Waals surface area (Å²) in [7, 11) is 1.64. The molecule has 0 N–H and O–H groups in total. The number of carbonyl (C=O) groups is 1. The second-order valence-corrected chi connectivity index (χ2v) is 3.19. The molecule has 0 amide bonds. The lowest BCUT2D eigenvalue weighted by atomic mass is 10.1. The van der Waals surface area contributed by atoms with E-state index in [-0.39, 0.29) is 0 Å². The van der Waals surface area contributed by atoms with E-state index in [0.717, 1.165) is 24.0 Å². The van der Waals surface area contributed by atoms with Gasteiger partial charge in [0.2, 0.25) is 0 Å². The topological polar surface area (TPSA) is 35.5 Å². The van der Waals surface area contributed by atoms with Gasteiger partial charge in [-0.05, 0) is 24.1 Å². The minimum Gasteiger partial charge on any atom is -0.491 e. The highest BCUT2D eigenvalue weighted by Crippen LogP contribution is 2.12. The normalized spacial score (nSPS) is 9.93. The number of rotatable bonds is 7. The molecule has 0 unspecified atom stereocenters. The van der Waals surface area contributed by atoms with E-state index in [9.17, 15) is 4.79 Å². The van der Waals surface area contributed by atoms with E-state index >= 15 is 0 Å². The lowest BCUT2D eigenvalue weighted by Crippen LogP contribution is -2.04. The Hall–Kier alpha value is -1.35. The van der Waals surface area contributed by atoms with Crippen LogP contribution in [0.4, 0.5) is 0 Å². The zero-order chi connectivity index (χ0) is 10.9. The van der Waals surface area contributed by atoms with Crippen molar-refractivity contribution in [3.05, 3.63) is 29.8 Å². The van der Waals surface area contributed by atoms with Crippen LogP contribution in [0.5, 0.6) is 5.75 Å². The molecule has 0 radical (unpaired) electrons. The lowest BCUT2D eigenvalue weighted by Gasteiger charge is -2.05. The Morgan fingerprint density at radius 2 is 1.93 bits per heavy atom. The molecule has 1 aromatic rings. The summed E-state index contributed by atoms with van der Waals surface area (Å²) in [5.41, 5.74) is 1.15. The monoisotopic (exact) mass is 208 g/mol. The molecule has 0 bridgehead atoms. The zero-order valence-corrected chi connectivity index (χ0v) is 8.94. The third-order valence-electron chi connectivity index (χ3n) is 2.03. The fraction of sp³-hybridized carbons (Fsp3) is 0.417. The van der Waals surface area contributed by atoms with Crippen LogP contribution in [0, 0.1) is 0 Å². The third-order valence-corrected chi connectivity index (χ3v) is 2.03. The first-order chi connectivity index (χ1) is 7.36. The summed E-state index contributed by atoms with van der Waals surface area (Å²) in [5.74, 6) is 0.835. The first-order valence-electron chi connectivity index (χ1n) is 5.01. The van der Waals surface area contributed by atoms with Crippen LogP contribution in [-0.4, -0.2) is 26.6 Å². The number of hydrogen-bond donors (Lipinski definition) is 0. The smallest absolute Gasteiger partial charge is 0.120 e. The summed E-state index contributed by atoms with van der Waals surface area (Å²) in [6.07, 6.45) is 2.30. The number of aldehydes is 1. The highest BCUT2D eigenvalue weighted by molar-refractivity contribution is 5.50. The van der Waals surface area contributed by atoms with Crippen molar-refractivity contribution in [2.24, 2.45) is 0 Å². The summed E-state index contributed by atoms with van der Waals surface area (Å²) < 4.78 is 10.3. The first-order valence-corrected chi connectivity index (χ1v) is 5.01. The number of ether oxygens (including phenoxy) is 2. The van der Waals surface area contributed by atoms with Crippen molar-refractivity contribution in [3.8, 4) is 5.75 Å². The van der Waals surface area contributed by atoms with Crippen LogP contribution >= 0.6 is 0 Å². The summed E-state index contributed by atoms with van der Waals surface area (Å²) in [4.78, 5) is 10.2. The van der Waals surface area contributed by atoms with Gasteiger partial charge in [-0.25, -0.2) is 0 Å². The Morgan fingerprint density at radius 3 is 2.53 bits per heavy atom. The lowest BCUT2D eigenvalue weighted by molar-refractivity contribution is -0.107. The Balaban J connectivity index is 2.38. The highest BCUT2D eigenvalue weighted by atomic mass is 16.5. The van der Waals surface area contributed by atoms with Crippen molar-refractivity contribution in [3.63, 3.8) is 0 Å². The zero-order valence-electron chi connectivity index (χ0n) is 8.94. The molecule has 0 aromatic heterocycles. The van der Waals surface area contributed by atoms with Crippen molar-refractivity contribution in [2.75, 3.05) is 20.3 Å². The first kappa shape index (κ1) is 11.7. The van der Waals surface area contributed by atoms with Gasteiger partial charge >= 0.3 is 0 Å². The Morgan fingerprint density at radius 1 is 1.20 bits per heavy atom. The average Bonchev–Trinajstić information content (AvgIpc) is 2.28. The quantitative estimate of drug-likeness (QED) is 0.506. The van der Waals surface area contributed by atoms with Gasteiger partial charge in [0.1, 0.15) is 18.6 Å². The highest BCUT2D eigenvalue weighted by Gasteiger charge is 1.95. The Labute approximate surface area is 90.0 Å². The summed E-state index contributed by atoms with van der Waals surface area (Å²) in [6, 6.07) is 7.78. The van der Waals surface area contributed by atoms with Crippen molar-refractivity contribution in [1.29, 1.82) is 0 Å². The maximum absolute atomic E-state index is 10.2. The van der Waals surface area contributed by atoms with Gasteiger partial charge in [0.25, 0.3) is 0 Å². The Kier molecular flexibility index (Phi) is 5.48. The van der Waals surface area contributed by atoms with E-state index in [1.54, 1.807) is 7.11 Å². The maximum Gasteiger partial charge on any atom is 0.120 e. The van der Waals surface area contributed by atoms with E-state index in [0.29, 0.717) is 19.6 Å². The van der Waals surface area contributed by atoms with Crippen LogP contribution in [0.15, 0.2) is 24.3 Å².